The van der Waals surface area contributed by atoms with Crippen LogP contribution in [0, 0.1) is 11.8 Å². The van der Waals surface area contributed by atoms with Crippen LogP contribution in [0.5, 0.6) is 0 Å². The Labute approximate surface area is 109 Å². The van der Waals surface area contributed by atoms with Crippen molar-refractivity contribution in [1.29, 1.82) is 0 Å². The van der Waals surface area contributed by atoms with Gasteiger partial charge in [0.15, 0.2) is 0 Å². The van der Waals surface area contributed by atoms with Gasteiger partial charge < -0.3 is 20.3 Å². The lowest BCUT2D eigenvalue weighted by Gasteiger charge is -2.42. The first-order valence-electron chi connectivity index (χ1n) is 6.90. The number of nitrogens with zero attached hydrogens (tertiary/aromatic N) is 2. The first kappa shape index (κ1) is 13.8. The second-order valence-corrected chi connectivity index (χ2v) is 5.63. The lowest BCUT2D eigenvalue weighted by atomic mass is 9.88. The van der Waals surface area contributed by atoms with Crippen molar-refractivity contribution < 1.29 is 9.53 Å². The summed E-state index contributed by atoms with van der Waals surface area (Å²) in [6.45, 7) is 6.71. The summed E-state index contributed by atoms with van der Waals surface area (Å²) in [6.07, 6.45) is 0.851. The number of rotatable bonds is 2. The predicted octanol–water partition coefficient (Wildman–Crippen LogP) is -0.240. The number of amides is 1. The number of likely N-dealkylation sites (N-methyl/N-ethyl adjacent to an activating group) is 1. The Kier molecular flexibility index (Phi) is 4.59. The topological polar surface area (TPSA) is 58.8 Å². The third kappa shape index (κ3) is 2.84. The van der Waals surface area contributed by atoms with Crippen LogP contribution >= 0.6 is 0 Å². The van der Waals surface area contributed by atoms with E-state index in [0.29, 0.717) is 25.7 Å². The summed E-state index contributed by atoms with van der Waals surface area (Å²) in [5, 5.41) is 0. The van der Waals surface area contributed by atoms with Gasteiger partial charge in [-0.2, -0.15) is 0 Å². The molecule has 0 aliphatic carbocycles. The quantitative estimate of drug-likeness (QED) is 0.740. The molecule has 0 spiro atoms. The van der Waals surface area contributed by atoms with Crippen LogP contribution in [0.2, 0.25) is 0 Å². The molecule has 104 valence electrons. The van der Waals surface area contributed by atoms with Crippen molar-refractivity contribution in [1.82, 2.24) is 9.80 Å². The van der Waals surface area contributed by atoms with Gasteiger partial charge in [-0.05, 0) is 19.4 Å². The minimum Gasteiger partial charge on any atom is -0.381 e. The van der Waals surface area contributed by atoms with Crippen molar-refractivity contribution in [3.8, 4) is 0 Å². The number of carbonyl (C=O) groups excluding carboxylic acids is 1. The van der Waals surface area contributed by atoms with Gasteiger partial charge in [0.05, 0.1) is 6.04 Å². The highest BCUT2D eigenvalue weighted by molar-refractivity contribution is 5.79. The molecular weight excluding hydrogens is 230 g/mol. The number of ether oxygens (including phenoxy) is 1. The van der Waals surface area contributed by atoms with Crippen LogP contribution < -0.4 is 5.73 Å². The lowest BCUT2D eigenvalue weighted by molar-refractivity contribution is -0.145. The second-order valence-electron chi connectivity index (χ2n) is 5.63. The molecule has 1 amide bonds. The number of carbonyl (C=O) groups is 1. The third-order valence-electron chi connectivity index (χ3n) is 4.20. The van der Waals surface area contributed by atoms with Gasteiger partial charge in [0.25, 0.3) is 0 Å². The third-order valence-corrected chi connectivity index (χ3v) is 4.20. The monoisotopic (exact) mass is 255 g/mol. The maximum Gasteiger partial charge on any atom is 0.226 e. The average Bonchev–Trinajstić information content (AvgIpc) is 2.38. The minimum atomic E-state index is 0.121. The van der Waals surface area contributed by atoms with E-state index in [0.717, 1.165) is 26.1 Å². The maximum absolute atomic E-state index is 12.6. The highest BCUT2D eigenvalue weighted by Gasteiger charge is 2.36. The van der Waals surface area contributed by atoms with E-state index in [-0.39, 0.29) is 17.9 Å². The van der Waals surface area contributed by atoms with E-state index in [1.807, 2.05) is 4.90 Å². The van der Waals surface area contributed by atoms with E-state index in [2.05, 4.69) is 18.9 Å². The highest BCUT2D eigenvalue weighted by Crippen LogP contribution is 2.25. The predicted molar refractivity (Wildman–Crippen MR) is 70.1 cm³/mol. The molecule has 3 atom stereocenters. The van der Waals surface area contributed by atoms with Crippen molar-refractivity contribution in [2.75, 3.05) is 46.4 Å². The Bertz CT molecular complexity index is 298. The molecule has 2 aliphatic heterocycles. The molecule has 0 bridgehead atoms. The van der Waals surface area contributed by atoms with E-state index >= 15 is 0 Å². The molecule has 0 radical (unpaired) electrons. The summed E-state index contributed by atoms with van der Waals surface area (Å²) < 4.78 is 5.42. The smallest absolute Gasteiger partial charge is 0.226 e. The number of hydrogen-bond acceptors (Lipinski definition) is 4. The van der Waals surface area contributed by atoms with Crippen LogP contribution in [0.3, 0.4) is 0 Å². The molecule has 0 aromatic rings. The van der Waals surface area contributed by atoms with E-state index < -0.39 is 0 Å². The van der Waals surface area contributed by atoms with Gasteiger partial charge in [-0.25, -0.2) is 0 Å². The summed E-state index contributed by atoms with van der Waals surface area (Å²) in [4.78, 5) is 16.9. The number of hydrogen-bond donors (Lipinski definition) is 1. The van der Waals surface area contributed by atoms with Crippen LogP contribution in [0.25, 0.3) is 0 Å². The summed E-state index contributed by atoms with van der Waals surface area (Å²) in [7, 11) is 2.08. The zero-order chi connectivity index (χ0) is 13.1. The van der Waals surface area contributed by atoms with Gasteiger partial charge in [-0.3, -0.25) is 4.79 Å². The molecule has 5 nitrogen and oxygen atoms in total. The van der Waals surface area contributed by atoms with E-state index in [9.17, 15) is 4.79 Å². The van der Waals surface area contributed by atoms with Gasteiger partial charge >= 0.3 is 0 Å². The second kappa shape index (κ2) is 5.99. The van der Waals surface area contributed by atoms with Crippen molar-refractivity contribution in [3.63, 3.8) is 0 Å². The molecule has 2 fully saturated rings. The molecule has 5 heteroatoms. The lowest BCUT2D eigenvalue weighted by Crippen LogP contribution is -2.58. The molecule has 0 saturated carbocycles. The molecule has 0 aromatic heterocycles. The molecule has 2 saturated heterocycles. The Morgan fingerprint density at radius 2 is 2.22 bits per heavy atom. The van der Waals surface area contributed by atoms with Crippen molar-refractivity contribution >= 4 is 5.91 Å². The normalized spacial score (nSPS) is 34.6. The van der Waals surface area contributed by atoms with E-state index in [1.54, 1.807) is 0 Å². The zero-order valence-electron chi connectivity index (χ0n) is 11.5. The molecule has 2 rings (SSSR count). The maximum atomic E-state index is 12.6. The Hall–Kier alpha value is -0.650. The summed E-state index contributed by atoms with van der Waals surface area (Å²) >= 11 is 0. The molecule has 0 aromatic carbocycles. The van der Waals surface area contributed by atoms with Crippen LogP contribution in [0.4, 0.5) is 0 Å². The highest BCUT2D eigenvalue weighted by atomic mass is 16.5. The van der Waals surface area contributed by atoms with Gasteiger partial charge in [-0.1, -0.05) is 6.92 Å². The van der Waals surface area contributed by atoms with Crippen molar-refractivity contribution in [2.24, 2.45) is 17.6 Å². The fraction of sp³-hybridized carbons (Fsp3) is 0.923. The Morgan fingerprint density at radius 3 is 2.89 bits per heavy atom. The molecule has 18 heavy (non-hydrogen) atoms. The number of piperazine rings is 1. The number of nitrogens with two attached hydrogens (primary N) is 1. The van der Waals surface area contributed by atoms with Gasteiger partial charge in [0, 0.05) is 45.3 Å². The van der Waals surface area contributed by atoms with Crippen molar-refractivity contribution in [3.05, 3.63) is 0 Å². The largest absolute Gasteiger partial charge is 0.381 e. The molecule has 3 unspecified atom stereocenters. The Morgan fingerprint density at radius 1 is 1.44 bits per heavy atom. The zero-order valence-corrected chi connectivity index (χ0v) is 11.5. The summed E-state index contributed by atoms with van der Waals surface area (Å²) in [5.74, 6) is 0.731. The summed E-state index contributed by atoms with van der Waals surface area (Å²) in [5.41, 5.74) is 5.81. The standard InChI is InChI=1S/C13H25N3O2/c1-10-9-18-6-3-12(10)13(17)16-5-4-15(2)8-11(16)7-14/h10-12H,3-9,14H2,1-2H3. The van der Waals surface area contributed by atoms with Crippen LogP contribution in [0.15, 0.2) is 0 Å². The SMILES string of the molecule is CC1COCCC1C(=O)N1CCN(C)CC1CN. The molecular formula is C13H25N3O2. The average molecular weight is 255 g/mol. The van der Waals surface area contributed by atoms with Crippen molar-refractivity contribution in [2.45, 2.75) is 19.4 Å². The van der Waals surface area contributed by atoms with Crippen LogP contribution in [-0.2, 0) is 9.53 Å². The molecule has 2 aliphatic rings. The first-order chi connectivity index (χ1) is 8.63. The van der Waals surface area contributed by atoms with E-state index in [1.165, 1.54) is 0 Å². The van der Waals surface area contributed by atoms with Gasteiger partial charge in [-0.15, -0.1) is 0 Å². The fourth-order valence-electron chi connectivity index (χ4n) is 2.96. The molecule has 2 heterocycles. The first-order valence-corrected chi connectivity index (χ1v) is 6.90. The van der Waals surface area contributed by atoms with Crippen LogP contribution in [0.1, 0.15) is 13.3 Å². The summed E-state index contributed by atoms with van der Waals surface area (Å²) in [6, 6.07) is 0.172. The van der Waals surface area contributed by atoms with Gasteiger partial charge in [0.2, 0.25) is 5.91 Å². The van der Waals surface area contributed by atoms with Gasteiger partial charge in [0.1, 0.15) is 0 Å². The molecule has 2 N–H and O–H groups in total. The van der Waals surface area contributed by atoms with E-state index in [4.69, 9.17) is 10.5 Å². The van der Waals surface area contributed by atoms with Crippen LogP contribution in [-0.4, -0.2) is 68.2 Å². The fourth-order valence-corrected chi connectivity index (χ4v) is 2.96. The Balaban J connectivity index is 2.02. The minimum absolute atomic E-state index is 0.121.